The summed E-state index contributed by atoms with van der Waals surface area (Å²) < 4.78 is 37.6. The third-order valence-corrected chi connectivity index (χ3v) is 9.65. The lowest BCUT2D eigenvalue weighted by Crippen LogP contribution is -2.46. The molecule has 0 amide bonds. The van der Waals surface area contributed by atoms with E-state index in [1.54, 1.807) is 12.2 Å². The number of methoxy groups -OCH3 is 1. The number of fused-ring (bicyclic) bond motifs is 2. The second-order valence-corrected chi connectivity index (χ2v) is 13.3. The van der Waals surface area contributed by atoms with E-state index in [0.29, 0.717) is 102 Å². The largest absolute Gasteiger partial charge is 0.491 e. The first kappa shape index (κ1) is 37.2. The predicted octanol–water partition coefficient (Wildman–Crippen LogP) is 1.86. The quantitative estimate of drug-likeness (QED) is 0.167. The highest BCUT2D eigenvalue weighted by molar-refractivity contribution is 6.05. The van der Waals surface area contributed by atoms with Gasteiger partial charge in [0, 0.05) is 32.3 Å². The zero-order valence-corrected chi connectivity index (χ0v) is 30.9. The van der Waals surface area contributed by atoms with Crippen LogP contribution in [-0.2, 0) is 30.1 Å². The Morgan fingerprint density at radius 3 is 2.59 bits per heavy atom. The van der Waals surface area contributed by atoms with Crippen molar-refractivity contribution in [3.05, 3.63) is 89.0 Å². The number of anilines is 1. The van der Waals surface area contributed by atoms with Gasteiger partial charge < -0.3 is 38.2 Å². The van der Waals surface area contributed by atoms with Crippen LogP contribution in [0, 0.1) is 11.3 Å². The van der Waals surface area contributed by atoms with Crippen LogP contribution in [0.5, 0.6) is 5.75 Å². The van der Waals surface area contributed by atoms with Crippen molar-refractivity contribution in [2.45, 2.75) is 24.7 Å². The number of nitriles is 1. The molecular formula is C37H43N13O6. The van der Waals surface area contributed by atoms with Crippen molar-refractivity contribution in [1.29, 1.82) is 5.26 Å². The standard InChI is InChI=1S/C37H43N13O6/c1-51-15-16-52-17-18-53-19-20-55-30-6-5-28(31-23-47(13-14-54-31)36-9-7-34-39-43-45-49(34)41-36)22-29(30)33-25-48(37-10-8-35-40-44-46-50(35)42-37)24-32(56-33)27-4-2-3-26(21-27)11-12-38/h2-10,21-22,31-33,43,45H,11,13-20,23-25H2,1H3. The van der Waals surface area contributed by atoms with Crippen molar-refractivity contribution >= 4 is 23.1 Å². The van der Waals surface area contributed by atoms with Gasteiger partial charge in [0.2, 0.25) is 0 Å². The Bertz CT molecular complexity index is 2100. The number of hydrogen-bond donors (Lipinski definition) is 2. The Hall–Kier alpha value is -5.75. The molecule has 4 aliphatic heterocycles. The molecule has 2 fully saturated rings. The molecule has 0 radical (unpaired) electrons. The number of hydrazine groups is 2. The molecule has 6 heterocycles. The van der Waals surface area contributed by atoms with Crippen molar-refractivity contribution in [2.24, 2.45) is 10.2 Å². The Morgan fingerprint density at radius 1 is 0.875 bits per heavy atom. The zero-order chi connectivity index (χ0) is 38.1. The van der Waals surface area contributed by atoms with E-state index in [2.05, 4.69) is 53.6 Å². The van der Waals surface area contributed by atoms with Crippen LogP contribution >= 0.6 is 0 Å². The highest BCUT2D eigenvalue weighted by Crippen LogP contribution is 2.40. The normalized spacial score (nSPS) is 20.7. The predicted molar refractivity (Wildman–Crippen MR) is 201 cm³/mol. The van der Waals surface area contributed by atoms with Gasteiger partial charge >= 0.3 is 0 Å². The fourth-order valence-electron chi connectivity index (χ4n) is 6.86. The van der Waals surface area contributed by atoms with E-state index >= 15 is 0 Å². The summed E-state index contributed by atoms with van der Waals surface area (Å²) in [4.78, 5) is 4.37. The minimum absolute atomic E-state index is 0.254. The highest BCUT2D eigenvalue weighted by Gasteiger charge is 2.34. The Labute approximate surface area is 322 Å². The molecule has 2 aromatic heterocycles. The summed E-state index contributed by atoms with van der Waals surface area (Å²) in [5.41, 5.74) is 9.90. The van der Waals surface area contributed by atoms with Crippen LogP contribution in [0.4, 0.5) is 5.82 Å². The van der Waals surface area contributed by atoms with Crippen molar-refractivity contribution in [3.63, 3.8) is 0 Å². The molecule has 56 heavy (non-hydrogen) atoms. The van der Waals surface area contributed by atoms with Crippen molar-refractivity contribution in [2.75, 3.05) is 84.4 Å². The molecule has 2 aromatic carbocycles. The number of hydrogen-bond acceptors (Lipinski definition) is 18. The molecule has 3 atom stereocenters. The number of ether oxygens (including phenoxy) is 6. The van der Waals surface area contributed by atoms with Gasteiger partial charge in [-0.2, -0.15) is 10.4 Å². The molecule has 3 unspecified atom stereocenters. The molecule has 2 saturated heterocycles. The number of nitrogens with one attached hydrogen (secondary N) is 2. The molecule has 0 saturated carbocycles. The van der Waals surface area contributed by atoms with E-state index in [1.807, 2.05) is 60.7 Å². The topological polar surface area (TPSA) is 194 Å². The van der Waals surface area contributed by atoms with Crippen LogP contribution in [-0.4, -0.2) is 126 Å². The molecular weight excluding hydrogens is 722 g/mol. The molecule has 0 bridgehead atoms. The highest BCUT2D eigenvalue weighted by atomic mass is 16.6. The number of nitrogens with zero attached hydrogens (tertiary/aromatic N) is 11. The van der Waals surface area contributed by atoms with Gasteiger partial charge in [0.1, 0.15) is 30.7 Å². The molecule has 19 heteroatoms. The van der Waals surface area contributed by atoms with Crippen LogP contribution < -0.4 is 20.7 Å². The molecule has 0 aliphatic carbocycles. The van der Waals surface area contributed by atoms with Gasteiger partial charge in [-0.15, -0.1) is 30.6 Å². The summed E-state index contributed by atoms with van der Waals surface area (Å²) >= 11 is 0. The smallest absolute Gasteiger partial charge is 0.200 e. The molecule has 292 valence electrons. The summed E-state index contributed by atoms with van der Waals surface area (Å²) in [7, 11) is 1.64. The van der Waals surface area contributed by atoms with E-state index in [-0.39, 0.29) is 12.2 Å². The van der Waals surface area contributed by atoms with Gasteiger partial charge in [-0.3, -0.25) is 0 Å². The van der Waals surface area contributed by atoms with Crippen molar-refractivity contribution in [3.8, 4) is 11.8 Å². The molecule has 4 aliphatic rings. The average Bonchev–Trinajstić information content (AvgIpc) is 3.93. The van der Waals surface area contributed by atoms with Crippen LogP contribution in [0.1, 0.15) is 40.6 Å². The van der Waals surface area contributed by atoms with Crippen LogP contribution in [0.2, 0.25) is 0 Å². The molecule has 4 aromatic rings. The average molecular weight is 766 g/mol. The van der Waals surface area contributed by atoms with Gasteiger partial charge in [0.05, 0.1) is 58.7 Å². The minimum atomic E-state index is -0.457. The maximum absolute atomic E-state index is 9.44. The van der Waals surface area contributed by atoms with Crippen molar-refractivity contribution < 1.29 is 28.4 Å². The van der Waals surface area contributed by atoms with E-state index in [4.69, 9.17) is 38.6 Å². The fourth-order valence-corrected chi connectivity index (χ4v) is 6.86. The van der Waals surface area contributed by atoms with Gasteiger partial charge in [0.15, 0.2) is 23.1 Å². The van der Waals surface area contributed by atoms with E-state index in [9.17, 15) is 5.26 Å². The lowest BCUT2D eigenvalue weighted by Gasteiger charge is -2.40. The van der Waals surface area contributed by atoms with E-state index in [0.717, 1.165) is 28.1 Å². The van der Waals surface area contributed by atoms with Crippen LogP contribution in [0.3, 0.4) is 0 Å². The first-order valence-electron chi connectivity index (χ1n) is 18.5. The molecule has 8 rings (SSSR count). The van der Waals surface area contributed by atoms with E-state index in [1.165, 1.54) is 4.63 Å². The number of morpholine rings is 2. The number of hydrazone groups is 2. The zero-order valence-electron chi connectivity index (χ0n) is 30.9. The maximum Gasteiger partial charge on any atom is 0.200 e. The first-order valence-corrected chi connectivity index (χ1v) is 18.5. The summed E-state index contributed by atoms with van der Waals surface area (Å²) in [5, 5.41) is 36.5. The SMILES string of the molecule is COCCOCCOCCOc1ccc(C2CN(C3=NN4NNN=C4C=C3)CCO2)cc1C1CN(c2ccc3nnnn3n2)CC(c2cccc(CC#N)c2)O1. The number of tetrazole rings is 1. The maximum atomic E-state index is 9.44. The lowest BCUT2D eigenvalue weighted by atomic mass is 9.97. The minimum Gasteiger partial charge on any atom is -0.491 e. The third-order valence-electron chi connectivity index (χ3n) is 9.65. The van der Waals surface area contributed by atoms with Crippen LogP contribution in [0.25, 0.3) is 5.65 Å². The summed E-state index contributed by atoms with van der Waals surface area (Å²) in [6.07, 6.45) is 3.09. The fraction of sp³-hybridized carbons (Fsp3) is 0.432. The number of rotatable bonds is 15. The number of amidine groups is 2. The first-order chi connectivity index (χ1) is 27.6. The number of aromatic nitrogens is 5. The Kier molecular flexibility index (Phi) is 11.8. The number of benzene rings is 2. The second-order valence-electron chi connectivity index (χ2n) is 13.3. The third kappa shape index (κ3) is 8.70. The van der Waals surface area contributed by atoms with Crippen molar-refractivity contribution in [1.82, 2.24) is 46.3 Å². The van der Waals surface area contributed by atoms with Crippen LogP contribution in [0.15, 0.2) is 77.0 Å². The molecule has 0 spiro atoms. The lowest BCUT2D eigenvalue weighted by molar-refractivity contribution is -0.0317. The second kappa shape index (κ2) is 17.8. The monoisotopic (exact) mass is 765 g/mol. The Balaban J connectivity index is 1.07. The van der Waals surface area contributed by atoms with Gasteiger partial charge in [-0.1, -0.05) is 30.3 Å². The van der Waals surface area contributed by atoms with Gasteiger partial charge in [0.25, 0.3) is 0 Å². The summed E-state index contributed by atoms with van der Waals surface area (Å²) in [6.45, 7) is 5.42. The Morgan fingerprint density at radius 2 is 1.70 bits per heavy atom. The molecule has 2 N–H and O–H groups in total. The van der Waals surface area contributed by atoms with Gasteiger partial charge in [-0.05, 0) is 63.5 Å². The van der Waals surface area contributed by atoms with E-state index < -0.39 is 6.10 Å². The van der Waals surface area contributed by atoms with Gasteiger partial charge in [-0.25, -0.2) is 5.53 Å². The summed E-state index contributed by atoms with van der Waals surface area (Å²) in [6, 6.07) is 20.1. The summed E-state index contributed by atoms with van der Waals surface area (Å²) in [5.74, 6) is 2.86. The molecule has 19 nitrogen and oxygen atoms in total.